The third-order valence-electron chi connectivity index (χ3n) is 6.50. The standard InChI is InChI=1S/C17H27NO/c1-2-15(18-16(19)14-3-4-14)17-8-11-5-12(9-17)7-13(6-11)10-17/h11-15H,2-10H2,1H3,(H,18,19)/t11?,12?,13?,15-,17?/m0/s1. The highest BCUT2D eigenvalue weighted by Gasteiger charge is 2.54. The van der Waals surface area contributed by atoms with Gasteiger partial charge in [-0.2, -0.15) is 0 Å². The van der Waals surface area contributed by atoms with Crippen molar-refractivity contribution >= 4 is 5.91 Å². The molecule has 4 bridgehead atoms. The number of hydrogen-bond donors (Lipinski definition) is 1. The van der Waals surface area contributed by atoms with Gasteiger partial charge >= 0.3 is 0 Å². The average Bonchev–Trinajstić information content (AvgIpc) is 3.17. The molecule has 1 amide bonds. The van der Waals surface area contributed by atoms with Crippen LogP contribution in [0.5, 0.6) is 0 Å². The Labute approximate surface area is 116 Å². The molecular weight excluding hydrogens is 234 g/mol. The summed E-state index contributed by atoms with van der Waals surface area (Å²) >= 11 is 0. The van der Waals surface area contributed by atoms with Crippen molar-refractivity contribution in [2.45, 2.75) is 70.8 Å². The van der Waals surface area contributed by atoms with Crippen LogP contribution in [0, 0.1) is 29.1 Å². The van der Waals surface area contributed by atoms with Crippen molar-refractivity contribution in [3.8, 4) is 0 Å². The Bertz CT molecular complexity index is 349. The highest BCUT2D eigenvalue weighted by molar-refractivity contribution is 5.81. The summed E-state index contributed by atoms with van der Waals surface area (Å²) in [5.74, 6) is 3.68. The van der Waals surface area contributed by atoms with Crippen molar-refractivity contribution < 1.29 is 4.79 Å². The maximum Gasteiger partial charge on any atom is 0.223 e. The quantitative estimate of drug-likeness (QED) is 0.824. The molecule has 1 atom stereocenters. The van der Waals surface area contributed by atoms with Crippen LogP contribution in [0.1, 0.15) is 64.7 Å². The molecule has 5 aliphatic carbocycles. The zero-order valence-electron chi connectivity index (χ0n) is 12.2. The van der Waals surface area contributed by atoms with Gasteiger partial charge in [-0.1, -0.05) is 6.92 Å². The predicted molar refractivity (Wildman–Crippen MR) is 75.6 cm³/mol. The van der Waals surface area contributed by atoms with E-state index in [0.717, 1.165) is 37.0 Å². The van der Waals surface area contributed by atoms with Crippen LogP contribution in [0.3, 0.4) is 0 Å². The molecule has 19 heavy (non-hydrogen) atoms. The van der Waals surface area contributed by atoms with E-state index in [1.54, 1.807) is 0 Å². The molecule has 0 aromatic carbocycles. The van der Waals surface area contributed by atoms with Crippen molar-refractivity contribution in [3.63, 3.8) is 0 Å². The number of nitrogens with one attached hydrogen (secondary N) is 1. The summed E-state index contributed by atoms with van der Waals surface area (Å²) in [5, 5.41) is 3.45. The molecule has 5 fully saturated rings. The van der Waals surface area contributed by atoms with Gasteiger partial charge in [0.25, 0.3) is 0 Å². The molecule has 1 N–H and O–H groups in total. The predicted octanol–water partition coefficient (Wildman–Crippen LogP) is 3.51. The first-order chi connectivity index (χ1) is 9.18. The van der Waals surface area contributed by atoms with Crippen LogP contribution in [0.2, 0.25) is 0 Å². The Kier molecular flexibility index (Phi) is 2.72. The minimum Gasteiger partial charge on any atom is -0.353 e. The van der Waals surface area contributed by atoms with Crippen molar-refractivity contribution in [1.82, 2.24) is 5.32 Å². The maximum absolute atomic E-state index is 12.2. The van der Waals surface area contributed by atoms with E-state index >= 15 is 0 Å². The number of carbonyl (C=O) groups is 1. The molecule has 2 heteroatoms. The van der Waals surface area contributed by atoms with E-state index in [1.165, 1.54) is 38.5 Å². The van der Waals surface area contributed by atoms with E-state index in [1.807, 2.05) is 0 Å². The summed E-state index contributed by atoms with van der Waals surface area (Å²) in [7, 11) is 0. The Morgan fingerprint density at radius 2 is 1.63 bits per heavy atom. The smallest absolute Gasteiger partial charge is 0.223 e. The minimum atomic E-state index is 0.364. The molecule has 5 rings (SSSR count). The molecule has 0 heterocycles. The summed E-state index contributed by atoms with van der Waals surface area (Å²) in [4.78, 5) is 12.2. The molecule has 0 saturated heterocycles. The molecule has 106 valence electrons. The fraction of sp³-hybridized carbons (Fsp3) is 0.941. The largest absolute Gasteiger partial charge is 0.353 e. The second-order valence-electron chi connectivity index (χ2n) is 8.02. The Morgan fingerprint density at radius 1 is 1.11 bits per heavy atom. The molecule has 2 nitrogen and oxygen atoms in total. The number of hydrogen-bond acceptors (Lipinski definition) is 1. The highest BCUT2D eigenvalue weighted by Crippen LogP contribution is 2.61. The van der Waals surface area contributed by atoms with Gasteiger partial charge in [-0.3, -0.25) is 4.79 Å². The van der Waals surface area contributed by atoms with E-state index in [4.69, 9.17) is 0 Å². The van der Waals surface area contributed by atoms with E-state index in [0.29, 0.717) is 23.3 Å². The summed E-state index contributed by atoms with van der Waals surface area (Å²) in [6.45, 7) is 2.27. The molecule has 0 aromatic rings. The fourth-order valence-corrected chi connectivity index (χ4v) is 5.93. The van der Waals surface area contributed by atoms with Crippen molar-refractivity contribution in [3.05, 3.63) is 0 Å². The molecule has 0 aliphatic heterocycles. The van der Waals surface area contributed by atoms with Crippen LogP contribution < -0.4 is 5.32 Å². The topological polar surface area (TPSA) is 29.1 Å². The van der Waals surface area contributed by atoms with Gasteiger partial charge in [0.1, 0.15) is 0 Å². The van der Waals surface area contributed by atoms with Gasteiger partial charge in [0, 0.05) is 12.0 Å². The third kappa shape index (κ3) is 2.02. The number of amides is 1. The third-order valence-corrected chi connectivity index (χ3v) is 6.50. The molecule has 0 radical (unpaired) electrons. The van der Waals surface area contributed by atoms with E-state index in [2.05, 4.69) is 12.2 Å². The first kappa shape index (κ1) is 12.2. The molecular formula is C17H27NO. The first-order valence-corrected chi connectivity index (χ1v) is 8.49. The summed E-state index contributed by atoms with van der Waals surface area (Å²) < 4.78 is 0. The Balaban J connectivity index is 1.53. The van der Waals surface area contributed by atoms with Crippen molar-refractivity contribution in [1.29, 1.82) is 0 Å². The van der Waals surface area contributed by atoms with Crippen molar-refractivity contribution in [2.24, 2.45) is 29.1 Å². The second kappa shape index (κ2) is 4.23. The van der Waals surface area contributed by atoms with E-state index in [-0.39, 0.29) is 0 Å². The molecule has 0 unspecified atom stereocenters. The van der Waals surface area contributed by atoms with Crippen LogP contribution in [-0.4, -0.2) is 11.9 Å². The second-order valence-corrected chi connectivity index (χ2v) is 8.02. The van der Waals surface area contributed by atoms with Crippen LogP contribution >= 0.6 is 0 Å². The Morgan fingerprint density at radius 3 is 2.05 bits per heavy atom. The maximum atomic E-state index is 12.2. The van der Waals surface area contributed by atoms with Gasteiger partial charge in [0.2, 0.25) is 5.91 Å². The SMILES string of the molecule is CC[C@H](NC(=O)C1CC1)C12CC3CC(CC(C3)C1)C2. The summed E-state index contributed by atoms with van der Waals surface area (Å²) in [6.07, 6.45) is 12.1. The van der Waals surface area contributed by atoms with E-state index < -0.39 is 0 Å². The van der Waals surface area contributed by atoms with Crippen LogP contribution in [0.15, 0.2) is 0 Å². The lowest BCUT2D eigenvalue weighted by molar-refractivity contribution is -0.127. The summed E-state index contributed by atoms with van der Waals surface area (Å²) in [6, 6.07) is 0.467. The van der Waals surface area contributed by atoms with Gasteiger partial charge in [0.15, 0.2) is 0 Å². The summed E-state index contributed by atoms with van der Waals surface area (Å²) in [5.41, 5.74) is 0.480. The van der Waals surface area contributed by atoms with Gasteiger partial charge in [-0.05, 0) is 81.0 Å². The number of carbonyl (C=O) groups excluding carboxylic acids is 1. The molecule has 5 aliphatic rings. The average molecular weight is 261 g/mol. The molecule has 5 saturated carbocycles. The molecule has 0 spiro atoms. The van der Waals surface area contributed by atoms with Crippen LogP contribution in [0.25, 0.3) is 0 Å². The van der Waals surface area contributed by atoms with E-state index in [9.17, 15) is 4.79 Å². The number of rotatable bonds is 4. The van der Waals surface area contributed by atoms with Crippen LogP contribution in [0.4, 0.5) is 0 Å². The Hall–Kier alpha value is -0.530. The van der Waals surface area contributed by atoms with Gasteiger partial charge in [0.05, 0.1) is 0 Å². The van der Waals surface area contributed by atoms with Crippen molar-refractivity contribution in [2.75, 3.05) is 0 Å². The zero-order chi connectivity index (χ0) is 13.0. The monoisotopic (exact) mass is 261 g/mol. The van der Waals surface area contributed by atoms with Gasteiger partial charge in [-0.15, -0.1) is 0 Å². The lowest BCUT2D eigenvalue weighted by atomic mass is 9.47. The minimum absolute atomic E-state index is 0.364. The van der Waals surface area contributed by atoms with Gasteiger partial charge in [-0.25, -0.2) is 0 Å². The normalized spacial score (nSPS) is 45.2. The lowest BCUT2D eigenvalue weighted by Gasteiger charge is -2.59. The zero-order valence-corrected chi connectivity index (χ0v) is 12.2. The lowest BCUT2D eigenvalue weighted by Crippen LogP contribution is -2.56. The molecule has 0 aromatic heterocycles. The fourth-order valence-electron chi connectivity index (χ4n) is 5.93. The van der Waals surface area contributed by atoms with Crippen LogP contribution in [-0.2, 0) is 4.79 Å². The highest BCUT2D eigenvalue weighted by atomic mass is 16.2. The van der Waals surface area contributed by atoms with Gasteiger partial charge < -0.3 is 5.32 Å². The first-order valence-electron chi connectivity index (χ1n) is 8.49.